The summed E-state index contributed by atoms with van der Waals surface area (Å²) >= 11 is 6.09. The Labute approximate surface area is 116 Å². The molecule has 0 amide bonds. The summed E-state index contributed by atoms with van der Waals surface area (Å²) in [6.45, 7) is 0. The molecule has 2 nitrogen and oxygen atoms in total. The van der Waals surface area contributed by atoms with Gasteiger partial charge in [-0.1, -0.05) is 41.9 Å². The minimum atomic E-state index is 0.188. The average Bonchev–Trinajstić information content (AvgIpc) is 2.43. The summed E-state index contributed by atoms with van der Waals surface area (Å²) in [6, 6.07) is 19.1. The number of rotatable bonds is 2. The van der Waals surface area contributed by atoms with Crippen LogP contribution >= 0.6 is 11.6 Å². The number of hydrogen-bond acceptors (Lipinski definition) is 2. The molecule has 0 fully saturated rings. The second-order valence-electron chi connectivity index (χ2n) is 4.35. The zero-order chi connectivity index (χ0) is 13.2. The summed E-state index contributed by atoms with van der Waals surface area (Å²) in [7, 11) is 0. The van der Waals surface area contributed by atoms with Gasteiger partial charge in [0.1, 0.15) is 5.75 Å². The van der Waals surface area contributed by atoms with Gasteiger partial charge in [-0.15, -0.1) is 0 Å². The van der Waals surface area contributed by atoms with Crippen LogP contribution in [0.5, 0.6) is 5.75 Å². The molecule has 0 heterocycles. The molecule has 0 saturated heterocycles. The highest BCUT2D eigenvalue weighted by molar-refractivity contribution is 6.33. The Kier molecular flexibility index (Phi) is 3.02. The largest absolute Gasteiger partial charge is 0.508 e. The van der Waals surface area contributed by atoms with Crippen LogP contribution in [0.15, 0.2) is 60.7 Å². The van der Waals surface area contributed by atoms with Crippen LogP contribution in [-0.4, -0.2) is 5.11 Å². The van der Waals surface area contributed by atoms with Gasteiger partial charge in [0, 0.05) is 11.8 Å². The highest BCUT2D eigenvalue weighted by Crippen LogP contribution is 2.30. The summed E-state index contributed by atoms with van der Waals surface area (Å²) in [4.78, 5) is 0. The van der Waals surface area contributed by atoms with E-state index < -0.39 is 0 Å². The monoisotopic (exact) mass is 269 g/mol. The van der Waals surface area contributed by atoms with Crippen LogP contribution in [0, 0.1) is 0 Å². The van der Waals surface area contributed by atoms with E-state index in [2.05, 4.69) is 23.5 Å². The summed E-state index contributed by atoms with van der Waals surface area (Å²) in [6.07, 6.45) is 0. The smallest absolute Gasteiger partial charge is 0.117 e. The molecule has 3 heteroatoms. The summed E-state index contributed by atoms with van der Waals surface area (Å²) in [5, 5.41) is 15.6. The molecule has 0 aliphatic carbocycles. The Balaban J connectivity index is 1.98. The minimum Gasteiger partial charge on any atom is -0.508 e. The third-order valence-corrected chi connectivity index (χ3v) is 3.31. The lowest BCUT2D eigenvalue weighted by Crippen LogP contribution is -1.91. The van der Waals surface area contributed by atoms with Crippen LogP contribution in [-0.2, 0) is 0 Å². The molecule has 0 spiro atoms. The van der Waals surface area contributed by atoms with Crippen LogP contribution in [0.2, 0.25) is 5.02 Å². The van der Waals surface area contributed by atoms with Gasteiger partial charge in [0.2, 0.25) is 0 Å². The van der Waals surface area contributed by atoms with E-state index >= 15 is 0 Å². The standard InChI is InChI=1S/C16H12ClNO/c17-15-8-7-14(19)10-16(15)18-13-6-5-11-3-1-2-4-12(11)9-13/h1-10,18-19H. The molecule has 0 unspecified atom stereocenters. The fourth-order valence-corrected chi connectivity index (χ4v) is 2.20. The lowest BCUT2D eigenvalue weighted by molar-refractivity contribution is 0.475. The summed E-state index contributed by atoms with van der Waals surface area (Å²) in [5.41, 5.74) is 1.63. The molecule has 3 aromatic carbocycles. The van der Waals surface area contributed by atoms with Crippen LogP contribution < -0.4 is 5.32 Å². The maximum Gasteiger partial charge on any atom is 0.117 e. The van der Waals surface area contributed by atoms with Gasteiger partial charge >= 0.3 is 0 Å². The second kappa shape index (κ2) is 4.82. The number of aromatic hydroxyl groups is 1. The SMILES string of the molecule is Oc1ccc(Cl)c(Nc2ccc3ccccc3c2)c1. The van der Waals surface area contributed by atoms with E-state index in [-0.39, 0.29) is 5.75 Å². The number of phenolic OH excluding ortho intramolecular Hbond substituents is 1. The molecular formula is C16H12ClNO. The first-order chi connectivity index (χ1) is 9.22. The van der Waals surface area contributed by atoms with Gasteiger partial charge < -0.3 is 10.4 Å². The molecule has 3 aromatic rings. The lowest BCUT2D eigenvalue weighted by atomic mass is 10.1. The van der Waals surface area contributed by atoms with Crippen molar-refractivity contribution in [1.82, 2.24) is 0 Å². The lowest BCUT2D eigenvalue weighted by Gasteiger charge is -2.09. The Bertz CT molecular complexity index is 740. The van der Waals surface area contributed by atoms with E-state index in [9.17, 15) is 5.11 Å². The highest BCUT2D eigenvalue weighted by Gasteiger charge is 2.03. The molecular weight excluding hydrogens is 258 g/mol. The number of benzene rings is 3. The molecule has 0 atom stereocenters. The van der Waals surface area contributed by atoms with E-state index in [1.807, 2.05) is 24.3 Å². The fourth-order valence-electron chi connectivity index (χ4n) is 2.03. The molecule has 0 aromatic heterocycles. The molecule has 3 rings (SSSR count). The normalized spacial score (nSPS) is 10.6. The van der Waals surface area contributed by atoms with Gasteiger partial charge in [-0.25, -0.2) is 0 Å². The van der Waals surface area contributed by atoms with Gasteiger partial charge in [-0.3, -0.25) is 0 Å². The molecule has 0 aliphatic heterocycles. The number of nitrogens with one attached hydrogen (secondary N) is 1. The number of fused-ring (bicyclic) bond motifs is 1. The van der Waals surface area contributed by atoms with Crippen molar-refractivity contribution in [2.24, 2.45) is 0 Å². The zero-order valence-electron chi connectivity index (χ0n) is 10.1. The van der Waals surface area contributed by atoms with Crippen molar-refractivity contribution in [1.29, 1.82) is 0 Å². The number of hydrogen-bond donors (Lipinski definition) is 2. The van der Waals surface area contributed by atoms with Crippen molar-refractivity contribution in [3.8, 4) is 5.75 Å². The van der Waals surface area contributed by atoms with Crippen molar-refractivity contribution in [2.75, 3.05) is 5.32 Å². The van der Waals surface area contributed by atoms with Gasteiger partial charge in [0.05, 0.1) is 10.7 Å². The zero-order valence-corrected chi connectivity index (χ0v) is 10.9. The van der Waals surface area contributed by atoms with E-state index in [0.29, 0.717) is 10.7 Å². The van der Waals surface area contributed by atoms with Crippen LogP contribution in [0.3, 0.4) is 0 Å². The first-order valence-corrected chi connectivity index (χ1v) is 6.34. The molecule has 0 saturated carbocycles. The number of anilines is 2. The van der Waals surface area contributed by atoms with Gasteiger partial charge in [-0.2, -0.15) is 0 Å². The highest BCUT2D eigenvalue weighted by atomic mass is 35.5. The molecule has 0 radical (unpaired) electrons. The van der Waals surface area contributed by atoms with Gasteiger partial charge in [0.15, 0.2) is 0 Å². The minimum absolute atomic E-state index is 0.188. The predicted molar refractivity (Wildman–Crippen MR) is 80.3 cm³/mol. The Morgan fingerprint density at radius 3 is 2.47 bits per heavy atom. The Hall–Kier alpha value is -2.19. The van der Waals surface area contributed by atoms with Crippen LogP contribution in [0.4, 0.5) is 11.4 Å². The van der Waals surface area contributed by atoms with Crippen molar-refractivity contribution in [3.05, 3.63) is 65.7 Å². The van der Waals surface area contributed by atoms with Crippen molar-refractivity contribution < 1.29 is 5.11 Å². The first kappa shape index (κ1) is 11.9. The van der Waals surface area contributed by atoms with E-state index in [4.69, 9.17) is 11.6 Å². The number of phenols is 1. The van der Waals surface area contributed by atoms with Crippen molar-refractivity contribution >= 4 is 33.7 Å². The topological polar surface area (TPSA) is 32.3 Å². The summed E-state index contributed by atoms with van der Waals surface area (Å²) < 4.78 is 0. The van der Waals surface area contributed by atoms with Gasteiger partial charge in [0.25, 0.3) is 0 Å². The quantitative estimate of drug-likeness (QED) is 0.690. The Morgan fingerprint density at radius 2 is 1.63 bits per heavy atom. The molecule has 0 bridgehead atoms. The maximum absolute atomic E-state index is 9.49. The third-order valence-electron chi connectivity index (χ3n) is 2.98. The molecule has 0 aliphatic rings. The second-order valence-corrected chi connectivity index (χ2v) is 4.76. The van der Waals surface area contributed by atoms with Crippen molar-refractivity contribution in [2.45, 2.75) is 0 Å². The maximum atomic E-state index is 9.49. The first-order valence-electron chi connectivity index (χ1n) is 5.97. The molecule has 2 N–H and O–H groups in total. The Morgan fingerprint density at radius 1 is 0.842 bits per heavy atom. The molecule has 19 heavy (non-hydrogen) atoms. The van der Waals surface area contributed by atoms with E-state index in [1.165, 1.54) is 5.39 Å². The van der Waals surface area contributed by atoms with Crippen LogP contribution in [0.25, 0.3) is 10.8 Å². The number of halogens is 1. The van der Waals surface area contributed by atoms with Crippen LogP contribution in [0.1, 0.15) is 0 Å². The van der Waals surface area contributed by atoms with E-state index in [0.717, 1.165) is 11.1 Å². The fraction of sp³-hybridized carbons (Fsp3) is 0. The van der Waals surface area contributed by atoms with Gasteiger partial charge in [-0.05, 0) is 35.0 Å². The summed E-state index contributed by atoms with van der Waals surface area (Å²) in [5.74, 6) is 0.188. The van der Waals surface area contributed by atoms with E-state index in [1.54, 1.807) is 18.2 Å². The predicted octanol–water partition coefficient (Wildman–Crippen LogP) is 4.94. The molecule has 94 valence electrons. The average molecular weight is 270 g/mol. The van der Waals surface area contributed by atoms with Crippen molar-refractivity contribution in [3.63, 3.8) is 0 Å². The third kappa shape index (κ3) is 2.49.